The molecule has 2 aliphatic rings. The summed E-state index contributed by atoms with van der Waals surface area (Å²) < 4.78 is 21.8. The summed E-state index contributed by atoms with van der Waals surface area (Å²) in [6, 6.07) is 18.4. The van der Waals surface area contributed by atoms with Crippen molar-refractivity contribution in [2.45, 2.75) is 82.4 Å². The molecule has 9 heteroatoms. The Morgan fingerprint density at radius 2 is 1.86 bits per heavy atom. The van der Waals surface area contributed by atoms with Crippen LogP contribution in [0.25, 0.3) is 11.1 Å². The first kappa shape index (κ1) is 29.9. The predicted molar refractivity (Wildman–Crippen MR) is 164 cm³/mol. The van der Waals surface area contributed by atoms with E-state index in [4.69, 9.17) is 9.73 Å². The molecular formula is C33H38N4O4S. The summed E-state index contributed by atoms with van der Waals surface area (Å²) in [5.41, 5.74) is 3.14. The number of carbonyl (C=O) groups excluding carboxylic acids is 2. The summed E-state index contributed by atoms with van der Waals surface area (Å²) in [6.07, 6.45) is 8.12. The Morgan fingerprint density at radius 3 is 2.60 bits per heavy atom. The van der Waals surface area contributed by atoms with Crippen LogP contribution in [-0.4, -0.2) is 44.2 Å². The van der Waals surface area contributed by atoms with Crippen LogP contribution >= 0.6 is 0 Å². The normalized spacial score (nSPS) is 16.6. The standard InChI is InChI=1S/C33H38N4O4S/c1-3-5-15-30-35-33(18-9-10-19-33)32(39)37(30)22-24-16-17-26(25(21-24)23-41-4-2)27-12-6-7-14-29(27)42(40)36-31(38)28-13-8-11-20-34-28/h6-8,11-14,16-17,20-21H,3-5,9-10,15,18-19,22-23H2,1-2H3,(H,36,38). The summed E-state index contributed by atoms with van der Waals surface area (Å²) in [7, 11) is 0. The van der Waals surface area contributed by atoms with Gasteiger partial charge in [0.15, 0.2) is 4.90 Å². The number of carbonyl (C=O) groups is 2. The Balaban J connectivity index is 1.43. The Hall–Kier alpha value is -3.53. The minimum absolute atomic E-state index is 0.130. The second kappa shape index (κ2) is 13.6. The van der Waals surface area contributed by atoms with Gasteiger partial charge in [0, 0.05) is 24.8 Å². The van der Waals surface area contributed by atoms with Crippen molar-refractivity contribution in [3.05, 3.63) is 83.7 Å². The molecule has 1 fully saturated rings. The molecular weight excluding hydrogens is 548 g/mol. The van der Waals surface area contributed by atoms with Crippen molar-refractivity contribution in [2.24, 2.45) is 4.99 Å². The topological polar surface area (TPSA) is 107 Å². The number of amides is 2. The lowest BCUT2D eigenvalue weighted by atomic mass is 9.96. The third-order valence-electron chi connectivity index (χ3n) is 7.91. The Morgan fingerprint density at radius 1 is 1.07 bits per heavy atom. The Bertz CT molecular complexity index is 1440. The van der Waals surface area contributed by atoms with Gasteiger partial charge in [0.05, 0.1) is 13.2 Å². The number of aliphatic imine (C=N–C) groups is 1. The van der Waals surface area contributed by atoms with E-state index in [9.17, 15) is 14.1 Å². The fourth-order valence-electron chi connectivity index (χ4n) is 5.76. The molecule has 0 bridgehead atoms. The van der Waals surface area contributed by atoms with E-state index in [1.807, 2.05) is 36.1 Å². The highest BCUT2D eigenvalue weighted by molar-refractivity contribution is 7.90. The summed E-state index contributed by atoms with van der Waals surface area (Å²) in [5.74, 6) is 0.527. The molecule has 1 saturated carbocycles. The number of nitrogens with zero attached hydrogens (tertiary/aromatic N) is 3. The fourth-order valence-corrected chi connectivity index (χ4v) is 6.72. The number of hydrogen-bond acceptors (Lipinski definition) is 6. The SMILES string of the molecule is CCCCC1=NC2(CCCC2)C(=O)N1Cc1ccc(-c2ccccc2[S+]([O-])NC(=O)c2ccccn2)c(COCC)c1. The highest BCUT2D eigenvalue weighted by Gasteiger charge is 2.49. The van der Waals surface area contributed by atoms with E-state index >= 15 is 0 Å². The van der Waals surface area contributed by atoms with Gasteiger partial charge in [-0.3, -0.25) is 24.5 Å². The maximum atomic E-state index is 13.7. The Labute approximate surface area is 250 Å². The molecule has 1 aliphatic carbocycles. The molecule has 5 rings (SSSR count). The number of ether oxygens (including phenoxy) is 1. The summed E-state index contributed by atoms with van der Waals surface area (Å²) >= 11 is -1.82. The molecule has 2 aromatic carbocycles. The van der Waals surface area contributed by atoms with Crippen LogP contribution < -0.4 is 4.72 Å². The van der Waals surface area contributed by atoms with Gasteiger partial charge in [0.25, 0.3) is 5.91 Å². The lowest BCUT2D eigenvalue weighted by Gasteiger charge is -2.23. The maximum absolute atomic E-state index is 13.7. The smallest absolute Gasteiger partial charge is 0.310 e. The van der Waals surface area contributed by atoms with Crippen molar-refractivity contribution in [2.75, 3.05) is 6.61 Å². The van der Waals surface area contributed by atoms with E-state index in [2.05, 4.69) is 22.7 Å². The van der Waals surface area contributed by atoms with E-state index in [1.165, 1.54) is 6.20 Å². The van der Waals surface area contributed by atoms with Crippen LogP contribution in [0, 0.1) is 0 Å². The molecule has 3 aromatic rings. The van der Waals surface area contributed by atoms with Crippen LogP contribution in [-0.2, 0) is 34.0 Å². The van der Waals surface area contributed by atoms with Crippen molar-refractivity contribution in [3.8, 4) is 11.1 Å². The number of hydrogen-bond donors (Lipinski definition) is 1. The zero-order valence-corrected chi connectivity index (χ0v) is 25.1. The second-order valence-corrected chi connectivity index (χ2v) is 12.0. The van der Waals surface area contributed by atoms with Gasteiger partial charge < -0.3 is 9.29 Å². The van der Waals surface area contributed by atoms with Crippen LogP contribution in [0.2, 0.25) is 0 Å². The maximum Gasteiger partial charge on any atom is 0.310 e. The van der Waals surface area contributed by atoms with Gasteiger partial charge in [-0.05, 0) is 67.1 Å². The number of benzene rings is 2. The molecule has 2 heterocycles. The van der Waals surface area contributed by atoms with Crippen LogP contribution in [0.3, 0.4) is 0 Å². The van der Waals surface area contributed by atoms with E-state index in [0.29, 0.717) is 24.7 Å². The van der Waals surface area contributed by atoms with E-state index in [0.717, 1.165) is 73.0 Å². The molecule has 1 aliphatic heterocycles. The molecule has 0 saturated heterocycles. The predicted octanol–water partition coefficient (Wildman–Crippen LogP) is 5.98. The fraction of sp³-hybridized carbons (Fsp3) is 0.394. The van der Waals surface area contributed by atoms with Crippen molar-refractivity contribution in [1.82, 2.24) is 14.6 Å². The molecule has 1 aromatic heterocycles. The van der Waals surface area contributed by atoms with Gasteiger partial charge in [-0.2, -0.15) is 4.72 Å². The highest BCUT2D eigenvalue weighted by Crippen LogP contribution is 2.40. The zero-order chi connectivity index (χ0) is 29.5. The molecule has 42 heavy (non-hydrogen) atoms. The third-order valence-corrected chi connectivity index (χ3v) is 9.04. The minimum Gasteiger partial charge on any atom is -0.588 e. The van der Waals surface area contributed by atoms with Gasteiger partial charge in [-0.25, -0.2) is 0 Å². The molecule has 1 unspecified atom stereocenters. The zero-order valence-electron chi connectivity index (χ0n) is 24.3. The van der Waals surface area contributed by atoms with Crippen molar-refractivity contribution < 1.29 is 18.9 Å². The number of rotatable bonds is 12. The Kier molecular flexibility index (Phi) is 9.72. The van der Waals surface area contributed by atoms with Crippen LogP contribution in [0.4, 0.5) is 0 Å². The number of pyridine rings is 1. The average Bonchev–Trinajstić information content (AvgIpc) is 3.60. The molecule has 1 N–H and O–H groups in total. The molecule has 220 valence electrons. The first-order chi connectivity index (χ1) is 20.5. The van der Waals surface area contributed by atoms with Crippen LogP contribution in [0.5, 0.6) is 0 Å². The van der Waals surface area contributed by atoms with Gasteiger partial charge in [-0.1, -0.05) is 62.6 Å². The number of nitrogens with one attached hydrogen (secondary N) is 1. The molecule has 2 amide bonds. The summed E-state index contributed by atoms with van der Waals surface area (Å²) in [4.78, 5) is 37.8. The van der Waals surface area contributed by atoms with Gasteiger partial charge in [0.2, 0.25) is 0 Å². The number of unbranched alkanes of at least 4 members (excludes halogenated alkanes) is 1. The number of aromatic nitrogens is 1. The van der Waals surface area contributed by atoms with Gasteiger partial charge in [-0.15, -0.1) is 0 Å². The van der Waals surface area contributed by atoms with E-state index in [-0.39, 0.29) is 11.6 Å². The quantitative estimate of drug-likeness (QED) is 0.263. The number of amidine groups is 1. The molecule has 8 nitrogen and oxygen atoms in total. The van der Waals surface area contributed by atoms with Gasteiger partial charge in [0.1, 0.15) is 28.4 Å². The van der Waals surface area contributed by atoms with E-state index < -0.39 is 22.8 Å². The molecule has 1 atom stereocenters. The highest BCUT2D eigenvalue weighted by atomic mass is 32.2. The van der Waals surface area contributed by atoms with Crippen LogP contribution in [0.1, 0.15) is 80.4 Å². The first-order valence-corrected chi connectivity index (χ1v) is 15.9. The molecule has 1 spiro atoms. The van der Waals surface area contributed by atoms with Gasteiger partial charge >= 0.3 is 5.91 Å². The summed E-state index contributed by atoms with van der Waals surface area (Å²) in [5, 5.41) is 0. The second-order valence-electron chi connectivity index (χ2n) is 10.8. The average molecular weight is 587 g/mol. The lowest BCUT2D eigenvalue weighted by molar-refractivity contribution is -0.131. The van der Waals surface area contributed by atoms with E-state index in [1.54, 1.807) is 30.3 Å². The monoisotopic (exact) mass is 586 g/mol. The minimum atomic E-state index is -1.82. The lowest BCUT2D eigenvalue weighted by Crippen LogP contribution is -2.40. The van der Waals surface area contributed by atoms with Crippen molar-refractivity contribution in [3.63, 3.8) is 0 Å². The van der Waals surface area contributed by atoms with Crippen LogP contribution in [0.15, 0.2) is 76.7 Å². The van der Waals surface area contributed by atoms with Crippen molar-refractivity contribution >= 4 is 29.0 Å². The third kappa shape index (κ3) is 6.43. The molecule has 0 radical (unpaired) electrons. The van der Waals surface area contributed by atoms with Crippen molar-refractivity contribution in [1.29, 1.82) is 0 Å². The summed E-state index contributed by atoms with van der Waals surface area (Å²) in [6.45, 7) is 5.45. The first-order valence-electron chi connectivity index (χ1n) is 14.8. The largest absolute Gasteiger partial charge is 0.588 e.